The van der Waals surface area contributed by atoms with Crippen molar-refractivity contribution in [3.63, 3.8) is 0 Å². The minimum Gasteiger partial charge on any atom is -0.481 e. The molecule has 1 aliphatic rings. The quantitative estimate of drug-likeness (QED) is 0.635. The molecule has 1 rings (SSSR count). The lowest BCUT2D eigenvalue weighted by Gasteiger charge is -2.37. The van der Waals surface area contributed by atoms with Gasteiger partial charge in [0.1, 0.15) is 0 Å². The lowest BCUT2D eigenvalue weighted by Crippen LogP contribution is -2.39. The molecule has 1 unspecified atom stereocenters. The van der Waals surface area contributed by atoms with Gasteiger partial charge in [-0.15, -0.1) is 0 Å². The highest BCUT2D eigenvalue weighted by atomic mass is 16.5. The van der Waals surface area contributed by atoms with Crippen molar-refractivity contribution in [1.29, 1.82) is 0 Å². The Bertz CT molecular complexity index is 284. The fraction of sp³-hybridized carbons (Fsp3) is 0.933. The van der Waals surface area contributed by atoms with Crippen LogP contribution in [0, 0.1) is 11.3 Å². The van der Waals surface area contributed by atoms with Crippen LogP contribution in [0.2, 0.25) is 0 Å². The van der Waals surface area contributed by atoms with Gasteiger partial charge in [-0.2, -0.15) is 0 Å². The summed E-state index contributed by atoms with van der Waals surface area (Å²) in [6.45, 7) is 3.23. The van der Waals surface area contributed by atoms with E-state index in [1.54, 1.807) is 7.11 Å². The fourth-order valence-corrected chi connectivity index (χ4v) is 3.02. The van der Waals surface area contributed by atoms with E-state index in [0.717, 1.165) is 19.3 Å². The summed E-state index contributed by atoms with van der Waals surface area (Å²) in [7, 11) is 1.59. The molecule has 0 amide bonds. The summed E-state index contributed by atoms with van der Waals surface area (Å²) in [5.41, 5.74) is -0.768. The molecule has 1 saturated carbocycles. The fourth-order valence-electron chi connectivity index (χ4n) is 3.02. The zero-order valence-electron chi connectivity index (χ0n) is 12.6. The van der Waals surface area contributed by atoms with Gasteiger partial charge >= 0.3 is 5.97 Å². The van der Waals surface area contributed by atoms with Crippen molar-refractivity contribution >= 4 is 5.97 Å². The van der Waals surface area contributed by atoms with Crippen LogP contribution in [0.5, 0.6) is 0 Å². The number of hydrogen-bond acceptors (Lipinski definition) is 4. The summed E-state index contributed by atoms with van der Waals surface area (Å²) in [6, 6.07) is 0. The van der Waals surface area contributed by atoms with Gasteiger partial charge in [-0.3, -0.25) is 4.79 Å². The molecule has 0 aromatic heterocycles. The van der Waals surface area contributed by atoms with Gasteiger partial charge < -0.3 is 19.7 Å². The van der Waals surface area contributed by atoms with Crippen molar-refractivity contribution in [3.05, 3.63) is 0 Å². The van der Waals surface area contributed by atoms with Crippen LogP contribution in [-0.4, -0.2) is 49.2 Å². The zero-order valence-corrected chi connectivity index (χ0v) is 12.6. The molecule has 0 heterocycles. The van der Waals surface area contributed by atoms with E-state index in [0.29, 0.717) is 32.0 Å². The molecule has 20 heavy (non-hydrogen) atoms. The highest BCUT2D eigenvalue weighted by Gasteiger charge is 2.42. The molecule has 0 bridgehead atoms. The van der Waals surface area contributed by atoms with E-state index in [-0.39, 0.29) is 13.0 Å². The highest BCUT2D eigenvalue weighted by Crippen LogP contribution is 2.43. The molecule has 0 aromatic rings. The second-order valence-electron chi connectivity index (χ2n) is 5.86. The van der Waals surface area contributed by atoms with Crippen molar-refractivity contribution < 1.29 is 24.5 Å². The van der Waals surface area contributed by atoms with Gasteiger partial charge in [-0.1, -0.05) is 13.3 Å². The van der Waals surface area contributed by atoms with Gasteiger partial charge in [-0.25, -0.2) is 0 Å². The Morgan fingerprint density at radius 3 is 2.50 bits per heavy atom. The molecule has 5 heteroatoms. The predicted octanol–water partition coefficient (Wildman–Crippen LogP) is 2.07. The number of aliphatic hydroxyl groups excluding tert-OH is 1. The largest absolute Gasteiger partial charge is 0.481 e. The molecule has 0 aromatic carbocycles. The summed E-state index contributed by atoms with van der Waals surface area (Å²) in [5, 5.41) is 19.5. The van der Waals surface area contributed by atoms with Crippen molar-refractivity contribution in [1.82, 2.24) is 0 Å². The molecule has 0 spiro atoms. The first-order chi connectivity index (χ1) is 9.54. The average Bonchev–Trinajstić information content (AvgIpc) is 2.44. The van der Waals surface area contributed by atoms with Gasteiger partial charge in [-0.05, 0) is 38.0 Å². The second-order valence-corrected chi connectivity index (χ2v) is 5.86. The maximum atomic E-state index is 11.6. The van der Waals surface area contributed by atoms with E-state index in [4.69, 9.17) is 9.47 Å². The second kappa shape index (κ2) is 8.60. The lowest BCUT2D eigenvalue weighted by atomic mass is 9.67. The Balaban J connectivity index is 2.44. The summed E-state index contributed by atoms with van der Waals surface area (Å²) in [4.78, 5) is 11.6. The van der Waals surface area contributed by atoms with Gasteiger partial charge in [0, 0.05) is 7.11 Å². The molecule has 0 aliphatic heterocycles. The average molecular weight is 288 g/mol. The zero-order chi connectivity index (χ0) is 15.0. The van der Waals surface area contributed by atoms with E-state index in [1.807, 2.05) is 0 Å². The van der Waals surface area contributed by atoms with Crippen LogP contribution in [0.15, 0.2) is 0 Å². The predicted molar refractivity (Wildman–Crippen MR) is 75.6 cm³/mol. The number of rotatable bonds is 9. The SMILES string of the molecule is CCC1CCC(CC(O)COCCOC)(C(=O)O)CC1. The number of carbonyl (C=O) groups is 1. The molecular weight excluding hydrogens is 260 g/mol. The Labute approximate surface area is 121 Å². The standard InChI is InChI=1S/C15H28O5/c1-3-12-4-6-15(7-5-12,14(17)18)10-13(16)11-20-9-8-19-2/h12-13,16H,3-11H2,1-2H3,(H,17,18). The molecule has 1 fully saturated rings. The van der Waals surface area contributed by atoms with Crippen LogP contribution in [0.1, 0.15) is 45.4 Å². The third-order valence-electron chi connectivity index (χ3n) is 4.46. The van der Waals surface area contributed by atoms with Crippen LogP contribution in [0.3, 0.4) is 0 Å². The Hall–Kier alpha value is -0.650. The first-order valence-corrected chi connectivity index (χ1v) is 7.52. The van der Waals surface area contributed by atoms with Crippen molar-refractivity contribution in [2.24, 2.45) is 11.3 Å². The Morgan fingerprint density at radius 1 is 1.35 bits per heavy atom. The van der Waals surface area contributed by atoms with Crippen molar-refractivity contribution in [2.45, 2.75) is 51.6 Å². The normalized spacial score (nSPS) is 28.2. The minimum atomic E-state index is -0.775. The molecule has 1 aliphatic carbocycles. The number of ether oxygens (including phenoxy) is 2. The molecule has 118 valence electrons. The van der Waals surface area contributed by atoms with Gasteiger partial charge in [0.2, 0.25) is 0 Å². The maximum Gasteiger partial charge on any atom is 0.309 e. The number of methoxy groups -OCH3 is 1. The summed E-state index contributed by atoms with van der Waals surface area (Å²) in [5.74, 6) is -0.138. The molecule has 0 radical (unpaired) electrons. The Kier molecular flexibility index (Phi) is 7.48. The third-order valence-corrected chi connectivity index (χ3v) is 4.46. The first kappa shape index (κ1) is 17.4. The molecule has 1 atom stereocenters. The summed E-state index contributed by atoms with van der Waals surface area (Å²) in [6.07, 6.45) is 3.89. The van der Waals surface area contributed by atoms with Crippen molar-refractivity contribution in [2.75, 3.05) is 26.9 Å². The van der Waals surface area contributed by atoms with Crippen LogP contribution in [-0.2, 0) is 14.3 Å². The summed E-state index contributed by atoms with van der Waals surface area (Å²) >= 11 is 0. The molecule has 5 nitrogen and oxygen atoms in total. The number of carboxylic acids is 1. The highest BCUT2D eigenvalue weighted by molar-refractivity contribution is 5.74. The van der Waals surface area contributed by atoms with Crippen molar-refractivity contribution in [3.8, 4) is 0 Å². The van der Waals surface area contributed by atoms with E-state index >= 15 is 0 Å². The van der Waals surface area contributed by atoms with Gasteiger partial charge in [0.05, 0.1) is 31.3 Å². The van der Waals surface area contributed by atoms with Crippen LogP contribution in [0.25, 0.3) is 0 Å². The lowest BCUT2D eigenvalue weighted by molar-refractivity contribution is -0.155. The number of aliphatic carboxylic acids is 1. The number of hydrogen-bond donors (Lipinski definition) is 2. The minimum absolute atomic E-state index is 0.176. The van der Waals surface area contributed by atoms with Crippen LogP contribution >= 0.6 is 0 Å². The van der Waals surface area contributed by atoms with Crippen LogP contribution in [0.4, 0.5) is 0 Å². The molecular formula is C15H28O5. The maximum absolute atomic E-state index is 11.6. The van der Waals surface area contributed by atoms with Gasteiger partial charge in [0.15, 0.2) is 0 Å². The van der Waals surface area contributed by atoms with E-state index in [2.05, 4.69) is 6.92 Å². The summed E-state index contributed by atoms with van der Waals surface area (Å²) < 4.78 is 10.1. The topological polar surface area (TPSA) is 76.0 Å². The van der Waals surface area contributed by atoms with Crippen LogP contribution < -0.4 is 0 Å². The number of carboxylic acid groups (broad SMARTS) is 1. The third kappa shape index (κ3) is 5.04. The van der Waals surface area contributed by atoms with E-state index < -0.39 is 17.5 Å². The van der Waals surface area contributed by atoms with Gasteiger partial charge in [0.25, 0.3) is 0 Å². The van der Waals surface area contributed by atoms with E-state index in [9.17, 15) is 15.0 Å². The smallest absolute Gasteiger partial charge is 0.309 e. The molecule has 2 N–H and O–H groups in total. The Morgan fingerprint density at radius 2 is 2.00 bits per heavy atom. The number of aliphatic hydroxyl groups is 1. The first-order valence-electron chi connectivity index (χ1n) is 7.52. The molecule has 0 saturated heterocycles. The van der Waals surface area contributed by atoms with E-state index in [1.165, 1.54) is 0 Å². The monoisotopic (exact) mass is 288 g/mol.